The Bertz CT molecular complexity index is 703. The summed E-state index contributed by atoms with van der Waals surface area (Å²) in [6.45, 7) is 0.434. The molecule has 2 aromatic rings. The number of carbonyl (C=O) groups excluding carboxylic acids is 1. The van der Waals surface area contributed by atoms with Crippen molar-refractivity contribution in [2.45, 2.75) is 25.6 Å². The summed E-state index contributed by atoms with van der Waals surface area (Å²) in [5, 5.41) is 13.5. The van der Waals surface area contributed by atoms with Crippen LogP contribution in [0.1, 0.15) is 29.2 Å². The number of aliphatic hydroxyl groups is 1. The zero-order chi connectivity index (χ0) is 16.2. The maximum absolute atomic E-state index is 11.8. The van der Waals surface area contributed by atoms with E-state index in [-0.39, 0.29) is 5.91 Å². The molecule has 0 fully saturated rings. The van der Waals surface area contributed by atoms with E-state index in [4.69, 9.17) is 4.74 Å². The molecule has 4 nitrogen and oxygen atoms in total. The lowest BCUT2D eigenvalue weighted by Crippen LogP contribution is -2.22. The minimum absolute atomic E-state index is 0.0208. The van der Waals surface area contributed by atoms with Crippen molar-refractivity contribution in [2.24, 2.45) is 0 Å². The third-order valence-electron chi connectivity index (χ3n) is 3.92. The number of amides is 1. The monoisotopic (exact) mass is 375 g/mol. The fraction of sp³-hybridized carbons (Fsp3) is 0.278. The highest BCUT2D eigenvalue weighted by Crippen LogP contribution is 2.38. The number of nitrogens with one attached hydrogen (secondary N) is 1. The molecule has 0 radical (unpaired) electrons. The number of benzene rings is 2. The largest absolute Gasteiger partial charge is 0.487 e. The summed E-state index contributed by atoms with van der Waals surface area (Å²) in [6, 6.07) is 13.6. The van der Waals surface area contributed by atoms with Crippen molar-refractivity contribution in [3.8, 4) is 5.75 Å². The van der Waals surface area contributed by atoms with Crippen LogP contribution in [0, 0.1) is 0 Å². The standard InChI is InChI=1S/C18H18BrNO3/c19-10-15(21)13-6-8-16(18-14(13)7-9-17(22)20-18)23-11-12-4-2-1-3-5-12/h1-6,8,15,21H,7,9-11H2,(H,20,22). The Labute approximate surface area is 143 Å². The molecule has 0 saturated carbocycles. The number of halogens is 1. The Hall–Kier alpha value is -1.85. The van der Waals surface area contributed by atoms with Crippen LogP contribution in [0.5, 0.6) is 5.75 Å². The summed E-state index contributed by atoms with van der Waals surface area (Å²) < 4.78 is 5.90. The van der Waals surface area contributed by atoms with Crippen LogP contribution in [0.4, 0.5) is 5.69 Å². The van der Waals surface area contributed by atoms with Crippen molar-refractivity contribution >= 4 is 27.5 Å². The van der Waals surface area contributed by atoms with Crippen molar-refractivity contribution in [1.82, 2.24) is 0 Å². The van der Waals surface area contributed by atoms with Gasteiger partial charge in [0.2, 0.25) is 5.91 Å². The molecule has 0 saturated heterocycles. The summed E-state index contributed by atoms with van der Waals surface area (Å²) in [6.07, 6.45) is 0.446. The van der Waals surface area contributed by atoms with E-state index in [1.54, 1.807) is 0 Å². The van der Waals surface area contributed by atoms with Gasteiger partial charge in [0.15, 0.2) is 0 Å². The molecule has 2 N–H and O–H groups in total. The number of hydrogen-bond acceptors (Lipinski definition) is 3. The first kappa shape index (κ1) is 16.0. The van der Waals surface area contributed by atoms with E-state index < -0.39 is 6.10 Å². The summed E-state index contributed by atoms with van der Waals surface area (Å²) in [5.74, 6) is 0.620. The molecular weight excluding hydrogens is 358 g/mol. The second-order valence-corrected chi connectivity index (χ2v) is 6.15. The number of alkyl halides is 1. The first-order valence-corrected chi connectivity index (χ1v) is 8.67. The predicted molar refractivity (Wildman–Crippen MR) is 92.9 cm³/mol. The minimum Gasteiger partial charge on any atom is -0.487 e. The lowest BCUT2D eigenvalue weighted by atomic mass is 9.94. The van der Waals surface area contributed by atoms with Crippen molar-refractivity contribution in [1.29, 1.82) is 0 Å². The van der Waals surface area contributed by atoms with Crippen LogP contribution in [-0.2, 0) is 17.8 Å². The van der Waals surface area contributed by atoms with Gasteiger partial charge in [0.25, 0.3) is 0 Å². The molecule has 1 amide bonds. The van der Waals surface area contributed by atoms with E-state index in [9.17, 15) is 9.90 Å². The minimum atomic E-state index is -0.595. The topological polar surface area (TPSA) is 58.6 Å². The Kier molecular flexibility index (Phi) is 4.98. The van der Waals surface area contributed by atoms with Crippen LogP contribution < -0.4 is 10.1 Å². The molecule has 1 aliphatic rings. The summed E-state index contributed by atoms with van der Waals surface area (Å²) in [5.41, 5.74) is 3.55. The number of fused-ring (bicyclic) bond motifs is 1. The van der Waals surface area contributed by atoms with Crippen LogP contribution in [0.25, 0.3) is 0 Å². The van der Waals surface area contributed by atoms with Gasteiger partial charge >= 0.3 is 0 Å². The van der Waals surface area contributed by atoms with Gasteiger partial charge < -0.3 is 15.2 Å². The lowest BCUT2D eigenvalue weighted by molar-refractivity contribution is -0.116. The average molecular weight is 376 g/mol. The number of hydrogen-bond donors (Lipinski definition) is 2. The van der Waals surface area contributed by atoms with E-state index in [1.165, 1.54) is 0 Å². The van der Waals surface area contributed by atoms with Gasteiger partial charge in [-0.1, -0.05) is 52.3 Å². The average Bonchev–Trinajstić information content (AvgIpc) is 2.59. The zero-order valence-electron chi connectivity index (χ0n) is 12.6. The van der Waals surface area contributed by atoms with Crippen LogP contribution in [-0.4, -0.2) is 16.3 Å². The number of ether oxygens (including phenoxy) is 1. The van der Waals surface area contributed by atoms with Crippen molar-refractivity contribution in [2.75, 3.05) is 10.6 Å². The number of anilines is 1. The highest BCUT2D eigenvalue weighted by atomic mass is 79.9. The molecule has 2 aromatic carbocycles. The third-order valence-corrected chi connectivity index (χ3v) is 4.53. The van der Waals surface area contributed by atoms with E-state index in [2.05, 4.69) is 21.2 Å². The van der Waals surface area contributed by atoms with Crippen LogP contribution in [0.2, 0.25) is 0 Å². The molecular formula is C18H18BrNO3. The summed E-state index contributed by atoms with van der Waals surface area (Å²) in [7, 11) is 0. The molecule has 5 heteroatoms. The molecule has 1 unspecified atom stereocenters. The van der Waals surface area contributed by atoms with E-state index >= 15 is 0 Å². The molecule has 0 spiro atoms. The molecule has 1 heterocycles. The van der Waals surface area contributed by atoms with Crippen LogP contribution >= 0.6 is 15.9 Å². The van der Waals surface area contributed by atoms with Gasteiger partial charge in [0.05, 0.1) is 11.8 Å². The van der Waals surface area contributed by atoms with Crippen molar-refractivity contribution < 1.29 is 14.6 Å². The molecule has 1 aliphatic heterocycles. The quantitative estimate of drug-likeness (QED) is 0.785. The Morgan fingerprint density at radius 1 is 1.17 bits per heavy atom. The molecule has 3 rings (SSSR count). The van der Waals surface area contributed by atoms with Crippen LogP contribution in [0.15, 0.2) is 42.5 Å². The van der Waals surface area contributed by atoms with Crippen molar-refractivity contribution in [3.63, 3.8) is 0 Å². The van der Waals surface area contributed by atoms with Crippen molar-refractivity contribution in [3.05, 3.63) is 59.2 Å². The summed E-state index contributed by atoms with van der Waals surface area (Å²) in [4.78, 5) is 11.8. The molecule has 120 valence electrons. The maximum Gasteiger partial charge on any atom is 0.224 e. The predicted octanol–water partition coefficient (Wildman–Crippen LogP) is 3.58. The van der Waals surface area contributed by atoms with Gasteiger partial charge in [-0.15, -0.1) is 0 Å². The number of aliphatic hydroxyl groups excluding tert-OH is 1. The van der Waals surface area contributed by atoms with Crippen LogP contribution in [0.3, 0.4) is 0 Å². The first-order valence-electron chi connectivity index (χ1n) is 7.55. The third kappa shape index (κ3) is 3.57. The maximum atomic E-state index is 11.8. The summed E-state index contributed by atoms with van der Waals surface area (Å²) >= 11 is 3.30. The van der Waals surface area contributed by atoms with Gasteiger partial charge in [-0.25, -0.2) is 0 Å². The van der Waals surface area contributed by atoms with Gasteiger partial charge in [0.1, 0.15) is 12.4 Å². The Morgan fingerprint density at radius 3 is 2.70 bits per heavy atom. The number of carbonyl (C=O) groups is 1. The molecule has 0 bridgehead atoms. The van der Waals surface area contributed by atoms with Gasteiger partial charge in [-0.2, -0.15) is 0 Å². The molecule has 23 heavy (non-hydrogen) atoms. The first-order chi connectivity index (χ1) is 11.2. The second-order valence-electron chi connectivity index (χ2n) is 5.50. The Morgan fingerprint density at radius 2 is 1.96 bits per heavy atom. The fourth-order valence-corrected chi connectivity index (χ4v) is 3.09. The highest BCUT2D eigenvalue weighted by Gasteiger charge is 2.24. The van der Waals surface area contributed by atoms with Gasteiger partial charge in [0, 0.05) is 11.8 Å². The molecule has 1 atom stereocenters. The second kappa shape index (κ2) is 7.15. The highest BCUT2D eigenvalue weighted by molar-refractivity contribution is 9.09. The molecule has 0 aromatic heterocycles. The van der Waals surface area contributed by atoms with Gasteiger partial charge in [-0.3, -0.25) is 4.79 Å². The Balaban J connectivity index is 1.90. The smallest absolute Gasteiger partial charge is 0.224 e. The SMILES string of the molecule is O=C1CCc2c(C(O)CBr)ccc(OCc3ccccc3)c2N1. The normalized spacial score (nSPS) is 14.8. The fourth-order valence-electron chi connectivity index (χ4n) is 2.74. The van der Waals surface area contributed by atoms with E-state index in [0.29, 0.717) is 36.2 Å². The van der Waals surface area contributed by atoms with Gasteiger partial charge in [-0.05, 0) is 29.2 Å². The number of rotatable bonds is 5. The lowest BCUT2D eigenvalue weighted by Gasteiger charge is -2.24. The van der Waals surface area contributed by atoms with E-state index in [1.807, 2.05) is 42.5 Å². The van der Waals surface area contributed by atoms with E-state index in [0.717, 1.165) is 16.7 Å². The zero-order valence-corrected chi connectivity index (χ0v) is 14.2. The molecule has 0 aliphatic carbocycles.